The van der Waals surface area contributed by atoms with Crippen molar-refractivity contribution in [1.82, 2.24) is 14.9 Å². The predicted molar refractivity (Wildman–Crippen MR) is 55.9 cm³/mol. The van der Waals surface area contributed by atoms with Crippen molar-refractivity contribution in [2.75, 3.05) is 13.3 Å². The average Bonchev–Trinajstić information content (AvgIpc) is 2.57. The van der Waals surface area contributed by atoms with Gasteiger partial charge in [0.1, 0.15) is 12.4 Å². The predicted octanol–water partition coefficient (Wildman–Crippen LogP) is -0.0216. The summed E-state index contributed by atoms with van der Waals surface area (Å²) in [4.78, 5) is 30.9. The first-order valence-corrected chi connectivity index (χ1v) is 4.95. The number of aromatic amines is 1. The van der Waals surface area contributed by atoms with Gasteiger partial charge in [0.15, 0.2) is 0 Å². The number of H-pyrrole nitrogens is 1. The van der Waals surface area contributed by atoms with Crippen molar-refractivity contribution in [3.8, 4) is 0 Å². The maximum absolute atomic E-state index is 12.0. The highest BCUT2D eigenvalue weighted by atomic mass is 16.5. The van der Waals surface area contributed by atoms with Gasteiger partial charge >= 0.3 is 0 Å². The van der Waals surface area contributed by atoms with E-state index in [4.69, 9.17) is 4.74 Å². The highest BCUT2D eigenvalue weighted by molar-refractivity contribution is 5.92. The van der Waals surface area contributed by atoms with Crippen LogP contribution in [0.1, 0.15) is 24.3 Å². The van der Waals surface area contributed by atoms with Gasteiger partial charge in [-0.05, 0) is 13.8 Å². The molecular formula is C10H13N3O3. The van der Waals surface area contributed by atoms with Gasteiger partial charge in [-0.3, -0.25) is 9.59 Å². The minimum absolute atomic E-state index is 0.141. The molecular weight excluding hydrogens is 210 g/mol. The first-order chi connectivity index (χ1) is 7.50. The monoisotopic (exact) mass is 223 g/mol. The van der Waals surface area contributed by atoms with Crippen LogP contribution in [0.3, 0.4) is 0 Å². The fraction of sp³-hybridized carbons (Fsp3) is 0.500. The smallest absolute Gasteiger partial charge is 0.275 e. The largest absolute Gasteiger partial charge is 0.359 e. The van der Waals surface area contributed by atoms with Crippen LogP contribution < -0.4 is 5.56 Å². The molecule has 1 aliphatic heterocycles. The van der Waals surface area contributed by atoms with Gasteiger partial charge < -0.3 is 14.6 Å². The van der Waals surface area contributed by atoms with E-state index in [-0.39, 0.29) is 29.4 Å². The van der Waals surface area contributed by atoms with Crippen molar-refractivity contribution < 1.29 is 9.53 Å². The first-order valence-electron chi connectivity index (χ1n) is 4.95. The fourth-order valence-electron chi connectivity index (χ4n) is 1.60. The molecule has 0 aliphatic carbocycles. The maximum Gasteiger partial charge on any atom is 0.275 e. The Labute approximate surface area is 92.3 Å². The third kappa shape index (κ3) is 1.83. The molecule has 0 spiro atoms. The number of rotatable bonds is 1. The fourth-order valence-corrected chi connectivity index (χ4v) is 1.60. The molecule has 0 unspecified atom stereocenters. The topological polar surface area (TPSA) is 75.3 Å². The summed E-state index contributed by atoms with van der Waals surface area (Å²) >= 11 is 0. The van der Waals surface area contributed by atoms with Crippen LogP contribution >= 0.6 is 0 Å². The summed E-state index contributed by atoms with van der Waals surface area (Å²) in [6, 6.07) is 1.19. The molecule has 1 N–H and O–H groups in total. The Morgan fingerprint density at radius 3 is 2.94 bits per heavy atom. The number of carbonyl (C=O) groups excluding carboxylic acids is 1. The number of hydrogen-bond acceptors (Lipinski definition) is 4. The second-order valence-electron chi connectivity index (χ2n) is 4.32. The lowest BCUT2D eigenvalue weighted by molar-refractivity contribution is 0.0599. The minimum Gasteiger partial charge on any atom is -0.359 e. The molecule has 0 radical (unpaired) electrons. The molecule has 1 aromatic rings. The van der Waals surface area contributed by atoms with Crippen LogP contribution in [-0.4, -0.2) is 39.7 Å². The highest BCUT2D eigenvalue weighted by Gasteiger charge is 2.37. The zero-order valence-electron chi connectivity index (χ0n) is 9.19. The zero-order chi connectivity index (χ0) is 11.8. The average molecular weight is 223 g/mol. The third-order valence-corrected chi connectivity index (χ3v) is 2.55. The quantitative estimate of drug-likeness (QED) is 0.726. The van der Waals surface area contributed by atoms with E-state index in [1.54, 1.807) is 4.90 Å². The van der Waals surface area contributed by atoms with E-state index in [0.29, 0.717) is 6.61 Å². The maximum atomic E-state index is 12.0. The Kier molecular flexibility index (Phi) is 2.51. The van der Waals surface area contributed by atoms with Crippen molar-refractivity contribution in [2.24, 2.45) is 0 Å². The van der Waals surface area contributed by atoms with Crippen LogP contribution in [0.15, 0.2) is 17.2 Å². The van der Waals surface area contributed by atoms with E-state index in [0.717, 1.165) is 0 Å². The molecule has 86 valence electrons. The Hall–Kier alpha value is -1.69. The number of nitrogens with zero attached hydrogens (tertiary/aromatic N) is 2. The Balaban J connectivity index is 2.29. The van der Waals surface area contributed by atoms with Crippen LogP contribution in [0.25, 0.3) is 0 Å². The number of hydrogen-bond donors (Lipinski definition) is 1. The van der Waals surface area contributed by atoms with Crippen molar-refractivity contribution in [3.05, 3.63) is 28.4 Å². The number of carbonyl (C=O) groups is 1. The lowest BCUT2D eigenvalue weighted by atomic mass is 10.1. The summed E-state index contributed by atoms with van der Waals surface area (Å²) in [5.41, 5.74) is -0.555. The number of nitrogens with one attached hydrogen (secondary N) is 1. The van der Waals surface area contributed by atoms with Crippen molar-refractivity contribution in [2.45, 2.75) is 19.4 Å². The van der Waals surface area contributed by atoms with E-state index >= 15 is 0 Å². The van der Waals surface area contributed by atoms with Gasteiger partial charge in [0.05, 0.1) is 18.5 Å². The number of ether oxygens (including phenoxy) is 1. The van der Waals surface area contributed by atoms with Gasteiger partial charge in [0.25, 0.3) is 11.5 Å². The summed E-state index contributed by atoms with van der Waals surface area (Å²) in [7, 11) is 0. The van der Waals surface area contributed by atoms with Crippen LogP contribution in [0.2, 0.25) is 0 Å². The minimum atomic E-state index is -0.360. The lowest BCUT2D eigenvalue weighted by Gasteiger charge is -2.28. The first kappa shape index (κ1) is 10.8. The van der Waals surface area contributed by atoms with Gasteiger partial charge in [-0.15, -0.1) is 0 Å². The van der Waals surface area contributed by atoms with Crippen LogP contribution in [0.5, 0.6) is 0 Å². The van der Waals surface area contributed by atoms with E-state index in [2.05, 4.69) is 9.97 Å². The Bertz CT molecular complexity index is 466. The molecule has 0 bridgehead atoms. The number of aromatic nitrogens is 2. The van der Waals surface area contributed by atoms with Gasteiger partial charge in [0.2, 0.25) is 0 Å². The van der Waals surface area contributed by atoms with Gasteiger partial charge in [-0.1, -0.05) is 0 Å². The molecule has 6 nitrogen and oxygen atoms in total. The van der Waals surface area contributed by atoms with E-state index < -0.39 is 0 Å². The van der Waals surface area contributed by atoms with Crippen molar-refractivity contribution in [1.29, 1.82) is 0 Å². The molecule has 0 atom stereocenters. The summed E-state index contributed by atoms with van der Waals surface area (Å²) in [5.74, 6) is -0.284. The lowest BCUT2D eigenvalue weighted by Crippen LogP contribution is -2.44. The molecule has 1 aromatic heterocycles. The highest BCUT2D eigenvalue weighted by Crippen LogP contribution is 2.22. The SMILES string of the molecule is CC1(C)COCN1C(=O)c1cc(=O)[nH]cn1. The van der Waals surface area contributed by atoms with Gasteiger partial charge in [-0.2, -0.15) is 0 Å². The van der Waals surface area contributed by atoms with E-state index in [1.807, 2.05) is 13.8 Å². The summed E-state index contributed by atoms with van der Waals surface area (Å²) < 4.78 is 5.24. The number of amides is 1. The van der Waals surface area contributed by atoms with Gasteiger partial charge in [0, 0.05) is 6.07 Å². The Morgan fingerprint density at radius 1 is 1.62 bits per heavy atom. The molecule has 1 amide bonds. The van der Waals surface area contributed by atoms with E-state index in [1.165, 1.54) is 12.4 Å². The zero-order valence-corrected chi connectivity index (χ0v) is 9.19. The second-order valence-corrected chi connectivity index (χ2v) is 4.32. The molecule has 2 heterocycles. The summed E-state index contributed by atoms with van der Waals surface area (Å²) in [6.07, 6.45) is 1.22. The van der Waals surface area contributed by atoms with Crippen LogP contribution in [0, 0.1) is 0 Å². The van der Waals surface area contributed by atoms with Crippen molar-refractivity contribution in [3.63, 3.8) is 0 Å². The molecule has 0 saturated carbocycles. The third-order valence-electron chi connectivity index (χ3n) is 2.55. The summed E-state index contributed by atoms with van der Waals surface area (Å²) in [6.45, 7) is 4.54. The molecule has 1 saturated heterocycles. The van der Waals surface area contributed by atoms with E-state index in [9.17, 15) is 9.59 Å². The van der Waals surface area contributed by atoms with Crippen LogP contribution in [-0.2, 0) is 4.74 Å². The van der Waals surface area contributed by atoms with Crippen molar-refractivity contribution >= 4 is 5.91 Å². The van der Waals surface area contributed by atoms with Crippen LogP contribution in [0.4, 0.5) is 0 Å². The Morgan fingerprint density at radius 2 is 2.38 bits per heavy atom. The molecule has 1 fully saturated rings. The second kappa shape index (κ2) is 3.71. The summed E-state index contributed by atoms with van der Waals surface area (Å²) in [5, 5.41) is 0. The molecule has 6 heteroatoms. The molecule has 16 heavy (non-hydrogen) atoms. The molecule has 0 aromatic carbocycles. The molecule has 2 rings (SSSR count). The van der Waals surface area contributed by atoms with Gasteiger partial charge in [-0.25, -0.2) is 4.98 Å². The molecule has 1 aliphatic rings. The standard InChI is InChI=1S/C10H13N3O3/c1-10(2)4-16-6-13(10)9(15)7-3-8(14)12-5-11-7/h3,5H,4,6H2,1-2H3,(H,11,12,14). The normalized spacial score (nSPS) is 18.8.